The number of thiophene rings is 1. The Labute approximate surface area is 118 Å². The zero-order chi connectivity index (χ0) is 13.7. The molecular weight excluding hydrogens is 256 g/mol. The number of pyridine rings is 1. The van der Waals surface area contributed by atoms with Crippen molar-refractivity contribution in [2.45, 2.75) is 25.8 Å². The van der Waals surface area contributed by atoms with Crippen LogP contribution in [-0.4, -0.2) is 18.6 Å². The minimum atomic E-state index is 0.231. The molecule has 102 valence electrons. The molecule has 1 N–H and O–H groups in total. The standard InChI is InChI=1S/C15H20N2OS/c1-4-16-14(15-13(18-3)8-10-19-15)11(2)12-7-5-6-9-17-12/h5-11,14,16H,4H2,1-3H3. The van der Waals surface area contributed by atoms with Gasteiger partial charge in [0.05, 0.1) is 18.0 Å². The minimum Gasteiger partial charge on any atom is -0.496 e. The lowest BCUT2D eigenvalue weighted by Crippen LogP contribution is -2.25. The van der Waals surface area contributed by atoms with E-state index in [1.54, 1.807) is 18.4 Å². The van der Waals surface area contributed by atoms with Crippen molar-refractivity contribution >= 4 is 11.3 Å². The fourth-order valence-electron chi connectivity index (χ4n) is 2.24. The van der Waals surface area contributed by atoms with Gasteiger partial charge in [-0.15, -0.1) is 11.3 Å². The molecule has 0 saturated carbocycles. The summed E-state index contributed by atoms with van der Waals surface area (Å²) in [7, 11) is 1.72. The average Bonchev–Trinajstić information content (AvgIpc) is 2.93. The van der Waals surface area contributed by atoms with Crippen LogP contribution in [0.5, 0.6) is 5.75 Å². The van der Waals surface area contributed by atoms with Crippen molar-refractivity contribution in [1.82, 2.24) is 10.3 Å². The molecule has 4 heteroatoms. The van der Waals surface area contributed by atoms with E-state index in [9.17, 15) is 0 Å². The Bertz CT molecular complexity index is 498. The number of methoxy groups -OCH3 is 1. The molecular formula is C15H20N2OS. The summed E-state index contributed by atoms with van der Waals surface area (Å²) in [5, 5.41) is 5.62. The zero-order valence-electron chi connectivity index (χ0n) is 11.6. The maximum absolute atomic E-state index is 5.45. The minimum absolute atomic E-state index is 0.231. The number of nitrogens with zero attached hydrogens (tertiary/aromatic N) is 1. The van der Waals surface area contributed by atoms with Gasteiger partial charge in [0.25, 0.3) is 0 Å². The van der Waals surface area contributed by atoms with Gasteiger partial charge in [-0.25, -0.2) is 0 Å². The highest BCUT2D eigenvalue weighted by molar-refractivity contribution is 7.10. The lowest BCUT2D eigenvalue weighted by atomic mass is 9.96. The molecule has 0 aliphatic carbocycles. The van der Waals surface area contributed by atoms with Crippen molar-refractivity contribution in [2.75, 3.05) is 13.7 Å². The van der Waals surface area contributed by atoms with Crippen LogP contribution < -0.4 is 10.1 Å². The molecule has 0 bridgehead atoms. The first-order valence-corrected chi connectivity index (χ1v) is 7.41. The molecule has 0 aromatic carbocycles. The number of ether oxygens (including phenoxy) is 1. The number of hydrogen-bond acceptors (Lipinski definition) is 4. The van der Waals surface area contributed by atoms with Crippen LogP contribution >= 0.6 is 11.3 Å². The molecule has 2 unspecified atom stereocenters. The Morgan fingerprint density at radius 3 is 2.84 bits per heavy atom. The highest BCUT2D eigenvalue weighted by atomic mass is 32.1. The van der Waals surface area contributed by atoms with E-state index in [1.807, 2.05) is 24.4 Å². The topological polar surface area (TPSA) is 34.1 Å². The van der Waals surface area contributed by atoms with E-state index in [4.69, 9.17) is 4.74 Å². The van der Waals surface area contributed by atoms with Crippen LogP contribution in [0.1, 0.15) is 36.4 Å². The zero-order valence-corrected chi connectivity index (χ0v) is 12.4. The van der Waals surface area contributed by atoms with Crippen molar-refractivity contribution in [1.29, 1.82) is 0 Å². The van der Waals surface area contributed by atoms with Gasteiger partial charge in [0.1, 0.15) is 5.75 Å². The van der Waals surface area contributed by atoms with E-state index in [-0.39, 0.29) is 6.04 Å². The van der Waals surface area contributed by atoms with E-state index >= 15 is 0 Å². The highest BCUT2D eigenvalue weighted by Crippen LogP contribution is 2.38. The highest BCUT2D eigenvalue weighted by Gasteiger charge is 2.24. The molecule has 0 spiro atoms. The summed E-state index contributed by atoms with van der Waals surface area (Å²) < 4.78 is 5.45. The molecule has 0 fully saturated rings. The number of nitrogens with one attached hydrogen (secondary N) is 1. The average molecular weight is 276 g/mol. The van der Waals surface area contributed by atoms with Gasteiger partial charge >= 0.3 is 0 Å². The van der Waals surface area contributed by atoms with E-state index < -0.39 is 0 Å². The summed E-state index contributed by atoms with van der Waals surface area (Å²) in [6.07, 6.45) is 1.85. The quantitative estimate of drug-likeness (QED) is 0.875. The van der Waals surface area contributed by atoms with Gasteiger partial charge in [0.15, 0.2) is 0 Å². The summed E-state index contributed by atoms with van der Waals surface area (Å²) in [5.74, 6) is 1.26. The van der Waals surface area contributed by atoms with E-state index in [1.165, 1.54) is 4.88 Å². The maximum Gasteiger partial charge on any atom is 0.134 e. The van der Waals surface area contributed by atoms with Crippen molar-refractivity contribution < 1.29 is 4.74 Å². The maximum atomic E-state index is 5.45. The monoisotopic (exact) mass is 276 g/mol. The predicted molar refractivity (Wildman–Crippen MR) is 79.9 cm³/mol. The normalized spacial score (nSPS) is 14.1. The molecule has 2 heterocycles. The van der Waals surface area contributed by atoms with Crippen molar-refractivity contribution in [3.63, 3.8) is 0 Å². The molecule has 2 aromatic heterocycles. The van der Waals surface area contributed by atoms with Crippen LogP contribution in [0.4, 0.5) is 0 Å². The lowest BCUT2D eigenvalue weighted by molar-refractivity contribution is 0.395. The summed E-state index contributed by atoms with van der Waals surface area (Å²) >= 11 is 1.73. The van der Waals surface area contributed by atoms with Crippen LogP contribution in [0.25, 0.3) is 0 Å². The molecule has 2 aromatic rings. The van der Waals surface area contributed by atoms with Crippen LogP contribution in [0.15, 0.2) is 35.8 Å². The second-order valence-electron chi connectivity index (χ2n) is 4.43. The third-order valence-corrected chi connectivity index (χ3v) is 4.22. The van der Waals surface area contributed by atoms with E-state index in [2.05, 4.69) is 35.6 Å². The van der Waals surface area contributed by atoms with Crippen LogP contribution in [0.2, 0.25) is 0 Å². The summed E-state index contributed by atoms with van der Waals surface area (Å²) in [5.41, 5.74) is 1.10. The Morgan fingerprint density at radius 2 is 2.21 bits per heavy atom. The van der Waals surface area contributed by atoms with Crippen molar-refractivity contribution in [3.8, 4) is 5.75 Å². The van der Waals surface area contributed by atoms with Crippen LogP contribution in [0, 0.1) is 0 Å². The number of rotatable bonds is 6. The van der Waals surface area contributed by atoms with Crippen LogP contribution in [-0.2, 0) is 0 Å². The molecule has 2 rings (SSSR count). The molecule has 0 saturated heterocycles. The molecule has 19 heavy (non-hydrogen) atoms. The molecule has 0 radical (unpaired) electrons. The lowest BCUT2D eigenvalue weighted by Gasteiger charge is -2.24. The van der Waals surface area contributed by atoms with E-state index in [0.29, 0.717) is 5.92 Å². The van der Waals surface area contributed by atoms with Crippen LogP contribution in [0.3, 0.4) is 0 Å². The molecule has 0 aliphatic heterocycles. The molecule has 0 aliphatic rings. The second-order valence-corrected chi connectivity index (χ2v) is 5.38. The fourth-order valence-corrected chi connectivity index (χ4v) is 3.28. The Balaban J connectivity index is 2.30. The smallest absolute Gasteiger partial charge is 0.134 e. The van der Waals surface area contributed by atoms with Gasteiger partial charge in [-0.1, -0.05) is 19.9 Å². The fraction of sp³-hybridized carbons (Fsp3) is 0.400. The first-order chi connectivity index (χ1) is 9.27. The third-order valence-electron chi connectivity index (χ3n) is 3.24. The Morgan fingerprint density at radius 1 is 1.37 bits per heavy atom. The predicted octanol–water partition coefficient (Wildman–Crippen LogP) is 3.61. The number of aromatic nitrogens is 1. The summed E-state index contributed by atoms with van der Waals surface area (Å²) in [6, 6.07) is 8.32. The molecule has 3 nitrogen and oxygen atoms in total. The summed E-state index contributed by atoms with van der Waals surface area (Å²) in [6.45, 7) is 5.25. The Kier molecular flexibility index (Phi) is 4.93. The number of hydrogen-bond donors (Lipinski definition) is 1. The SMILES string of the molecule is CCNC(c1sccc1OC)C(C)c1ccccn1. The first-order valence-electron chi connectivity index (χ1n) is 6.53. The largest absolute Gasteiger partial charge is 0.496 e. The van der Waals surface area contributed by atoms with Gasteiger partial charge in [0.2, 0.25) is 0 Å². The number of likely N-dealkylation sites (N-methyl/N-ethyl adjacent to an activating group) is 1. The molecule has 2 atom stereocenters. The molecule has 0 amide bonds. The van der Waals surface area contributed by atoms with Crippen molar-refractivity contribution in [2.24, 2.45) is 0 Å². The second kappa shape index (κ2) is 6.68. The van der Waals surface area contributed by atoms with E-state index in [0.717, 1.165) is 18.0 Å². The first kappa shape index (κ1) is 14.0. The van der Waals surface area contributed by atoms with Gasteiger partial charge in [-0.3, -0.25) is 4.98 Å². The van der Waals surface area contributed by atoms with Crippen molar-refractivity contribution in [3.05, 3.63) is 46.4 Å². The third kappa shape index (κ3) is 3.14. The van der Waals surface area contributed by atoms with Gasteiger partial charge in [-0.2, -0.15) is 0 Å². The van der Waals surface area contributed by atoms with Gasteiger partial charge in [-0.05, 0) is 30.1 Å². The van der Waals surface area contributed by atoms with Gasteiger partial charge in [0, 0.05) is 17.8 Å². The van der Waals surface area contributed by atoms with Gasteiger partial charge < -0.3 is 10.1 Å². The Hall–Kier alpha value is -1.39. The summed E-state index contributed by atoms with van der Waals surface area (Å²) in [4.78, 5) is 5.71.